The van der Waals surface area contributed by atoms with Gasteiger partial charge in [0, 0.05) is 11.6 Å². The highest BCUT2D eigenvalue weighted by Gasteiger charge is 2.62. The fourth-order valence-electron chi connectivity index (χ4n) is 4.22. The lowest BCUT2D eigenvalue weighted by Crippen LogP contribution is -2.46. The van der Waals surface area contributed by atoms with Crippen LogP contribution in [-0.2, 0) is 14.4 Å². The molecule has 0 aromatic heterocycles. The monoisotopic (exact) mass is 324 g/mol. The number of fused-ring (bicyclic) bond motifs is 5. The summed E-state index contributed by atoms with van der Waals surface area (Å²) in [5, 5.41) is 2.44. The van der Waals surface area contributed by atoms with Gasteiger partial charge < -0.3 is 4.90 Å². The molecule has 0 saturated carbocycles. The molecule has 3 aliphatic heterocycles. The summed E-state index contributed by atoms with van der Waals surface area (Å²) in [4.78, 5) is 39.9. The molecule has 0 spiro atoms. The Morgan fingerprint density at radius 1 is 1.08 bits per heavy atom. The van der Waals surface area contributed by atoms with Gasteiger partial charge in [0.1, 0.15) is 6.04 Å². The Bertz CT molecular complexity index is 790. The molecule has 0 radical (unpaired) electrons. The third-order valence-electron chi connectivity index (χ3n) is 5.31. The molecule has 2 fully saturated rings. The Labute approximate surface area is 140 Å². The van der Waals surface area contributed by atoms with Gasteiger partial charge in [0.05, 0.1) is 17.9 Å². The number of Topliss-reactive ketones (excluding diaryl/α,β-unsaturated/α-hetero) is 1. The second-order valence-corrected chi connectivity index (χ2v) is 7.80. The number of carbonyl (C=O) groups excluding carboxylic acids is 3. The highest BCUT2D eigenvalue weighted by atomic mass is 16.2. The van der Waals surface area contributed by atoms with E-state index in [0.717, 1.165) is 11.1 Å². The van der Waals surface area contributed by atoms with Crippen LogP contribution < -0.4 is 5.32 Å². The minimum Gasteiger partial charge on any atom is -0.359 e. The largest absolute Gasteiger partial charge is 0.359 e. The van der Waals surface area contributed by atoms with E-state index < -0.39 is 23.3 Å². The molecule has 2 saturated heterocycles. The minimum atomic E-state index is -0.620. The highest BCUT2D eigenvalue weighted by molar-refractivity contribution is 6.09. The summed E-state index contributed by atoms with van der Waals surface area (Å²) in [7, 11) is 0. The van der Waals surface area contributed by atoms with Crippen molar-refractivity contribution in [2.45, 2.75) is 32.9 Å². The average Bonchev–Trinajstić information content (AvgIpc) is 3.01. The van der Waals surface area contributed by atoms with Crippen LogP contribution in [0.15, 0.2) is 30.5 Å². The second-order valence-electron chi connectivity index (χ2n) is 7.80. The van der Waals surface area contributed by atoms with Crippen molar-refractivity contribution < 1.29 is 14.4 Å². The van der Waals surface area contributed by atoms with E-state index in [1.165, 1.54) is 0 Å². The van der Waals surface area contributed by atoms with Crippen molar-refractivity contribution in [3.8, 4) is 0 Å². The van der Waals surface area contributed by atoms with Crippen LogP contribution in [0.5, 0.6) is 0 Å². The van der Waals surface area contributed by atoms with Crippen molar-refractivity contribution in [1.29, 1.82) is 0 Å². The summed E-state index contributed by atoms with van der Waals surface area (Å²) in [6, 6.07) is 6.98. The molecule has 5 heteroatoms. The van der Waals surface area contributed by atoms with Crippen LogP contribution in [0, 0.1) is 17.3 Å². The average molecular weight is 324 g/mol. The molecule has 2 amide bonds. The first-order chi connectivity index (χ1) is 11.3. The van der Waals surface area contributed by atoms with Crippen LogP contribution in [0.4, 0.5) is 0 Å². The first-order valence-corrected chi connectivity index (χ1v) is 8.24. The quantitative estimate of drug-likeness (QED) is 0.801. The standard InChI is InChI=1S/C19H20N2O3/c1-19(2,3)16(22)15-13-12(17(23)20-18(13)24)14-11-7-5-4-6-10(11)8-9-21(14)15/h4-9,12-15H,1-3H3,(H,20,23,24). The summed E-state index contributed by atoms with van der Waals surface area (Å²) in [5.41, 5.74) is 1.46. The Morgan fingerprint density at radius 2 is 1.75 bits per heavy atom. The third-order valence-corrected chi connectivity index (χ3v) is 5.31. The number of hydrogen-bond donors (Lipinski definition) is 1. The molecular formula is C19H20N2O3. The number of rotatable bonds is 1. The van der Waals surface area contributed by atoms with E-state index in [-0.39, 0.29) is 23.6 Å². The Morgan fingerprint density at radius 3 is 2.46 bits per heavy atom. The summed E-state index contributed by atoms with van der Waals surface area (Å²) in [5.74, 6) is -1.74. The van der Waals surface area contributed by atoms with Gasteiger partial charge in [-0.3, -0.25) is 19.7 Å². The van der Waals surface area contributed by atoms with Gasteiger partial charge in [-0.25, -0.2) is 0 Å². The Balaban J connectivity index is 1.88. The van der Waals surface area contributed by atoms with E-state index in [0.29, 0.717) is 0 Å². The SMILES string of the molecule is CC(C)(C)C(=O)C1C2C(=O)NC(=O)C2C2c3ccccc3C=CN12. The van der Waals surface area contributed by atoms with E-state index in [1.54, 1.807) is 0 Å². The van der Waals surface area contributed by atoms with Gasteiger partial charge in [0.15, 0.2) is 5.78 Å². The van der Waals surface area contributed by atoms with Gasteiger partial charge in [-0.2, -0.15) is 0 Å². The van der Waals surface area contributed by atoms with Crippen LogP contribution in [-0.4, -0.2) is 28.5 Å². The Hall–Kier alpha value is -2.43. The summed E-state index contributed by atoms with van der Waals surface area (Å²) >= 11 is 0. The van der Waals surface area contributed by atoms with Crippen LogP contribution in [0.25, 0.3) is 6.08 Å². The number of amides is 2. The topological polar surface area (TPSA) is 66.5 Å². The number of nitrogens with one attached hydrogen (secondary N) is 1. The molecule has 4 unspecified atom stereocenters. The van der Waals surface area contributed by atoms with Crippen LogP contribution in [0.1, 0.15) is 37.9 Å². The van der Waals surface area contributed by atoms with Crippen LogP contribution in [0.2, 0.25) is 0 Å². The lowest BCUT2D eigenvalue weighted by molar-refractivity contribution is -0.136. The minimum absolute atomic E-state index is 0.00567. The fraction of sp³-hybridized carbons (Fsp3) is 0.421. The van der Waals surface area contributed by atoms with Crippen LogP contribution in [0.3, 0.4) is 0 Å². The molecule has 4 rings (SSSR count). The van der Waals surface area contributed by atoms with E-state index >= 15 is 0 Å². The summed E-state index contributed by atoms with van der Waals surface area (Å²) < 4.78 is 0. The van der Waals surface area contributed by atoms with Gasteiger partial charge in [-0.15, -0.1) is 0 Å². The maximum atomic E-state index is 13.1. The molecule has 5 nitrogen and oxygen atoms in total. The number of ketones is 1. The number of benzene rings is 1. The number of nitrogens with zero attached hydrogens (tertiary/aromatic N) is 1. The predicted octanol–water partition coefficient (Wildman–Crippen LogP) is 1.90. The van der Waals surface area contributed by atoms with Crippen molar-refractivity contribution in [3.63, 3.8) is 0 Å². The number of hydrogen-bond acceptors (Lipinski definition) is 4. The maximum absolute atomic E-state index is 13.1. The van der Waals surface area contributed by atoms with Crippen molar-refractivity contribution in [1.82, 2.24) is 10.2 Å². The third kappa shape index (κ3) is 1.90. The van der Waals surface area contributed by atoms with Crippen molar-refractivity contribution in [2.24, 2.45) is 17.3 Å². The molecule has 0 aliphatic carbocycles. The summed E-state index contributed by atoms with van der Waals surface area (Å²) in [6.07, 6.45) is 3.83. The molecule has 3 heterocycles. The molecule has 1 N–H and O–H groups in total. The van der Waals surface area contributed by atoms with E-state index in [9.17, 15) is 14.4 Å². The van der Waals surface area contributed by atoms with E-state index in [1.807, 2.05) is 62.2 Å². The molecular weight excluding hydrogens is 304 g/mol. The molecule has 4 atom stereocenters. The Kier molecular flexibility index (Phi) is 3.02. The molecule has 124 valence electrons. The van der Waals surface area contributed by atoms with Gasteiger partial charge in [0.2, 0.25) is 11.8 Å². The van der Waals surface area contributed by atoms with Crippen molar-refractivity contribution in [3.05, 3.63) is 41.6 Å². The lowest BCUT2D eigenvalue weighted by atomic mass is 9.79. The molecule has 3 aliphatic rings. The highest BCUT2D eigenvalue weighted by Crippen LogP contribution is 2.51. The van der Waals surface area contributed by atoms with Gasteiger partial charge in [-0.05, 0) is 17.2 Å². The lowest BCUT2D eigenvalue weighted by Gasteiger charge is -2.36. The predicted molar refractivity (Wildman–Crippen MR) is 88.4 cm³/mol. The van der Waals surface area contributed by atoms with E-state index in [4.69, 9.17) is 0 Å². The van der Waals surface area contributed by atoms with Crippen LogP contribution >= 0.6 is 0 Å². The number of imide groups is 1. The van der Waals surface area contributed by atoms with Gasteiger partial charge in [0.25, 0.3) is 0 Å². The van der Waals surface area contributed by atoms with Crippen molar-refractivity contribution >= 4 is 23.7 Å². The molecule has 24 heavy (non-hydrogen) atoms. The molecule has 1 aromatic rings. The second kappa shape index (κ2) is 4.79. The zero-order valence-corrected chi connectivity index (χ0v) is 13.9. The van der Waals surface area contributed by atoms with Gasteiger partial charge in [-0.1, -0.05) is 45.0 Å². The zero-order valence-electron chi connectivity index (χ0n) is 13.9. The van der Waals surface area contributed by atoms with Gasteiger partial charge >= 0.3 is 0 Å². The van der Waals surface area contributed by atoms with Crippen molar-refractivity contribution in [2.75, 3.05) is 0 Å². The molecule has 1 aromatic carbocycles. The fourth-order valence-corrected chi connectivity index (χ4v) is 4.22. The normalized spacial score (nSPS) is 30.7. The maximum Gasteiger partial charge on any atom is 0.233 e. The number of carbonyl (C=O) groups is 3. The molecule has 0 bridgehead atoms. The smallest absolute Gasteiger partial charge is 0.233 e. The zero-order chi connectivity index (χ0) is 17.2. The first-order valence-electron chi connectivity index (χ1n) is 8.24. The summed E-state index contributed by atoms with van der Waals surface area (Å²) in [6.45, 7) is 5.57. The van der Waals surface area contributed by atoms with E-state index in [2.05, 4.69) is 5.32 Å². The first kappa shape index (κ1) is 15.1.